The second-order valence-corrected chi connectivity index (χ2v) is 15.0. The van der Waals surface area contributed by atoms with Gasteiger partial charge in [0.25, 0.3) is 12.4 Å². The van der Waals surface area contributed by atoms with Gasteiger partial charge in [0.05, 0.1) is 29.1 Å². The average Bonchev–Trinajstić information content (AvgIpc) is 3.57. The number of nitrogens with zero attached hydrogens (tertiary/aromatic N) is 4. The molecule has 1 saturated heterocycles. The third kappa shape index (κ3) is 9.19. The molecule has 1 atom stereocenters. The fourth-order valence-electron chi connectivity index (χ4n) is 7.37. The van der Waals surface area contributed by atoms with Gasteiger partial charge in [-0.1, -0.05) is 89.9 Å². The maximum Gasteiger partial charge on any atom is 0.293 e. The van der Waals surface area contributed by atoms with Crippen molar-refractivity contribution in [3.63, 3.8) is 0 Å². The fourth-order valence-corrected chi connectivity index (χ4v) is 7.83. The van der Waals surface area contributed by atoms with E-state index in [1.54, 1.807) is 18.5 Å². The monoisotopic (exact) mass is 798 g/mol. The van der Waals surface area contributed by atoms with E-state index >= 15 is 0 Å². The van der Waals surface area contributed by atoms with Gasteiger partial charge in [0.15, 0.2) is 5.82 Å². The number of aromatic nitrogens is 2. The topological polar surface area (TPSA) is 93.8 Å². The Balaban J connectivity index is 1.39. The van der Waals surface area contributed by atoms with Crippen molar-refractivity contribution >= 4 is 80.9 Å². The van der Waals surface area contributed by atoms with Gasteiger partial charge >= 0.3 is 0 Å². The Morgan fingerprint density at radius 3 is 2.44 bits per heavy atom. The summed E-state index contributed by atoms with van der Waals surface area (Å²) in [5, 5.41) is 5.60. The van der Waals surface area contributed by atoms with E-state index in [1.165, 1.54) is 0 Å². The van der Waals surface area contributed by atoms with Crippen LogP contribution in [0.1, 0.15) is 66.3 Å². The van der Waals surface area contributed by atoms with Crippen LogP contribution >= 0.6 is 34.8 Å². The largest absolute Gasteiger partial charge is 0.468 e. The second-order valence-electron chi connectivity index (χ2n) is 13.7. The van der Waals surface area contributed by atoms with Gasteiger partial charge in [-0.15, -0.1) is 0 Å². The summed E-state index contributed by atoms with van der Waals surface area (Å²) in [5.74, 6) is 0.292. The lowest BCUT2D eigenvalue weighted by Crippen LogP contribution is -2.44. The van der Waals surface area contributed by atoms with Crippen molar-refractivity contribution in [2.75, 3.05) is 43.5 Å². The Kier molecular flexibility index (Phi) is 13.2. The Labute approximate surface area is 337 Å². The molecule has 12 heteroatoms. The van der Waals surface area contributed by atoms with Crippen LogP contribution in [0.25, 0.3) is 22.2 Å². The van der Waals surface area contributed by atoms with E-state index < -0.39 is 0 Å². The van der Waals surface area contributed by atoms with Gasteiger partial charge in [0, 0.05) is 58.4 Å². The zero-order valence-electron chi connectivity index (χ0n) is 31.2. The van der Waals surface area contributed by atoms with Gasteiger partial charge in [-0.05, 0) is 93.4 Å². The first-order valence-electron chi connectivity index (χ1n) is 18.3. The number of piperidine rings is 1. The van der Waals surface area contributed by atoms with E-state index in [1.807, 2.05) is 60.7 Å². The SMILES string of the molecule is C=CN(/C(=C(\C)c1ccccc1)c1c(C(=O)Nc2cc(Cl)cnc2N2CCC(N(C)CCCOC=O)CC2)[nH]c2cc(Cl)ccc12)C(C)c1ccc(Cl)cc1. The molecule has 0 bridgehead atoms. The molecule has 6 rings (SSSR count). The number of hydrogen-bond acceptors (Lipinski definition) is 7. The molecular weight excluding hydrogens is 755 g/mol. The molecule has 0 spiro atoms. The number of fused-ring (bicyclic) bond motifs is 1. The predicted molar refractivity (Wildman–Crippen MR) is 226 cm³/mol. The number of allylic oxidation sites excluding steroid dienone is 1. The quantitative estimate of drug-likeness (QED) is 0.0805. The Hall–Kier alpha value is -4.80. The predicted octanol–water partition coefficient (Wildman–Crippen LogP) is 10.3. The van der Waals surface area contributed by atoms with Crippen molar-refractivity contribution < 1.29 is 14.3 Å². The number of aromatic amines is 1. The van der Waals surface area contributed by atoms with Crippen LogP contribution in [0.3, 0.4) is 0 Å². The molecule has 9 nitrogen and oxygen atoms in total. The van der Waals surface area contributed by atoms with Gasteiger partial charge in [0.2, 0.25) is 0 Å². The Morgan fingerprint density at radius 2 is 1.75 bits per heavy atom. The zero-order chi connectivity index (χ0) is 39.1. The third-order valence-electron chi connectivity index (χ3n) is 10.3. The summed E-state index contributed by atoms with van der Waals surface area (Å²) in [6.45, 7) is 11.6. The smallest absolute Gasteiger partial charge is 0.293 e. The van der Waals surface area contributed by atoms with Gasteiger partial charge in [-0.3, -0.25) is 9.59 Å². The molecule has 3 aromatic carbocycles. The molecule has 1 aliphatic rings. The second kappa shape index (κ2) is 18.2. The van der Waals surface area contributed by atoms with Crippen molar-refractivity contribution in [2.24, 2.45) is 0 Å². The number of carbonyl (C=O) groups excluding carboxylic acids is 2. The summed E-state index contributed by atoms with van der Waals surface area (Å²) < 4.78 is 4.87. The first-order chi connectivity index (χ1) is 26.6. The highest BCUT2D eigenvalue weighted by Crippen LogP contribution is 2.42. The van der Waals surface area contributed by atoms with E-state index in [0.29, 0.717) is 62.5 Å². The maximum atomic E-state index is 14.8. The Bertz CT molecular complexity index is 2160. The molecule has 1 aliphatic heterocycles. The van der Waals surface area contributed by atoms with Crippen molar-refractivity contribution in [2.45, 2.75) is 45.2 Å². The first-order valence-corrected chi connectivity index (χ1v) is 19.4. The molecule has 1 amide bonds. The van der Waals surface area contributed by atoms with Crippen molar-refractivity contribution in [3.05, 3.63) is 135 Å². The fraction of sp³-hybridized carbons (Fsp3) is 0.279. The molecule has 286 valence electrons. The minimum atomic E-state index is -0.360. The van der Waals surface area contributed by atoms with E-state index in [-0.39, 0.29) is 11.9 Å². The van der Waals surface area contributed by atoms with Crippen LogP contribution in [0, 0.1) is 0 Å². The maximum absolute atomic E-state index is 14.8. The van der Waals surface area contributed by atoms with Crippen LogP contribution in [-0.4, -0.2) is 71.5 Å². The standard InChI is InChI=1S/C43H45Cl3N6O3/c1-5-52(29(3)31-12-14-32(44)15-13-31)41(28(2)30-10-7-6-8-11-30)39-36-17-16-33(45)24-37(36)48-40(39)43(54)49-38-25-34(46)26-47-42(38)51-21-18-35(19-22-51)50(4)20-9-23-55-27-53/h5-8,10-17,24-27,29,35,48H,1,9,18-23H2,2-4H3,(H,49,54)/b41-28+. The highest BCUT2D eigenvalue weighted by molar-refractivity contribution is 6.32. The molecular formula is C43H45Cl3N6O3. The molecule has 2 aromatic heterocycles. The van der Waals surface area contributed by atoms with Crippen LogP contribution in [0.4, 0.5) is 11.5 Å². The van der Waals surface area contributed by atoms with Crippen LogP contribution in [-0.2, 0) is 9.53 Å². The summed E-state index contributed by atoms with van der Waals surface area (Å²) in [7, 11) is 2.10. The number of H-pyrrole nitrogens is 1. The molecule has 2 N–H and O–H groups in total. The third-order valence-corrected chi connectivity index (χ3v) is 11.0. The molecule has 0 saturated carbocycles. The normalized spacial score (nSPS) is 14.4. The van der Waals surface area contributed by atoms with Crippen LogP contribution in [0.15, 0.2) is 97.8 Å². The van der Waals surface area contributed by atoms with Gasteiger partial charge < -0.3 is 29.7 Å². The van der Waals surface area contributed by atoms with Gasteiger partial charge in [-0.25, -0.2) is 4.98 Å². The minimum Gasteiger partial charge on any atom is -0.468 e. The Morgan fingerprint density at radius 1 is 1.04 bits per heavy atom. The molecule has 0 aliphatic carbocycles. The van der Waals surface area contributed by atoms with Gasteiger partial charge in [-0.2, -0.15) is 0 Å². The molecule has 55 heavy (non-hydrogen) atoms. The summed E-state index contributed by atoms with van der Waals surface area (Å²) >= 11 is 19.3. The summed E-state index contributed by atoms with van der Waals surface area (Å²) in [6, 6.07) is 25.4. The van der Waals surface area contributed by atoms with Crippen LogP contribution < -0.4 is 10.2 Å². The van der Waals surface area contributed by atoms with Crippen molar-refractivity contribution in [1.82, 2.24) is 19.8 Å². The van der Waals surface area contributed by atoms with Crippen molar-refractivity contribution in [3.8, 4) is 0 Å². The molecule has 3 heterocycles. The van der Waals surface area contributed by atoms with E-state index in [9.17, 15) is 9.59 Å². The average molecular weight is 800 g/mol. The number of anilines is 2. The molecule has 5 aromatic rings. The highest BCUT2D eigenvalue weighted by atomic mass is 35.5. The van der Waals surface area contributed by atoms with Crippen molar-refractivity contribution in [1.29, 1.82) is 0 Å². The number of ether oxygens (including phenoxy) is 1. The number of carbonyl (C=O) groups is 2. The van der Waals surface area contributed by atoms with E-state index in [2.05, 4.69) is 64.6 Å². The first kappa shape index (κ1) is 39.9. The number of pyridine rings is 1. The summed E-state index contributed by atoms with van der Waals surface area (Å²) in [4.78, 5) is 40.1. The number of amides is 1. The summed E-state index contributed by atoms with van der Waals surface area (Å²) in [6.07, 6.45) is 6.01. The molecule has 1 fully saturated rings. The number of rotatable bonds is 15. The van der Waals surface area contributed by atoms with Gasteiger partial charge in [0.1, 0.15) is 5.69 Å². The zero-order valence-corrected chi connectivity index (χ0v) is 33.5. The number of hydrogen-bond donors (Lipinski definition) is 2. The summed E-state index contributed by atoms with van der Waals surface area (Å²) in [5.41, 5.74) is 6.03. The number of halogens is 3. The molecule has 0 radical (unpaired) electrons. The van der Waals surface area contributed by atoms with E-state index in [4.69, 9.17) is 44.5 Å². The van der Waals surface area contributed by atoms with Crippen LogP contribution in [0.5, 0.6) is 0 Å². The highest BCUT2D eigenvalue weighted by Gasteiger charge is 2.30. The minimum absolute atomic E-state index is 0.188. The lowest BCUT2D eigenvalue weighted by atomic mass is 9.95. The van der Waals surface area contributed by atoms with Crippen LogP contribution in [0.2, 0.25) is 15.1 Å². The lowest BCUT2D eigenvalue weighted by Gasteiger charge is -2.38. The number of benzene rings is 3. The number of nitrogens with one attached hydrogen (secondary N) is 2. The van der Waals surface area contributed by atoms with E-state index in [0.717, 1.165) is 66.7 Å². The molecule has 1 unspecified atom stereocenters. The lowest BCUT2D eigenvalue weighted by molar-refractivity contribution is -0.128.